The summed E-state index contributed by atoms with van der Waals surface area (Å²) in [4.78, 5) is 31.4. The molecule has 156 valence electrons. The van der Waals surface area contributed by atoms with Crippen LogP contribution in [-0.4, -0.2) is 47.4 Å². The number of nitrogens with zero attached hydrogens (tertiary/aromatic N) is 2. The molecule has 2 heterocycles. The first-order valence-electron chi connectivity index (χ1n) is 10.4. The van der Waals surface area contributed by atoms with Gasteiger partial charge in [0.15, 0.2) is 0 Å². The monoisotopic (exact) mass is 398 g/mol. The second kappa shape index (κ2) is 10.2. The molecule has 1 aliphatic rings. The van der Waals surface area contributed by atoms with E-state index in [1.54, 1.807) is 13.2 Å². The molecule has 1 aromatic heterocycles. The fourth-order valence-electron chi connectivity index (χ4n) is 3.53. The summed E-state index contributed by atoms with van der Waals surface area (Å²) in [6.45, 7) is 6.57. The van der Waals surface area contributed by atoms with E-state index in [1.165, 1.54) is 0 Å². The van der Waals surface area contributed by atoms with Gasteiger partial charge in [0.1, 0.15) is 12.3 Å². The fraction of sp³-hybridized carbons (Fsp3) is 0.500. The Morgan fingerprint density at radius 2 is 2.10 bits per heavy atom. The molecule has 7 nitrogen and oxygen atoms in total. The number of aromatic nitrogens is 1. The number of carbonyl (C=O) groups excluding carboxylic acids is 2. The van der Waals surface area contributed by atoms with Crippen molar-refractivity contribution in [1.82, 2.24) is 20.5 Å². The molecule has 7 heteroatoms. The highest BCUT2D eigenvalue weighted by molar-refractivity contribution is 5.88. The second-order valence-electron chi connectivity index (χ2n) is 7.61. The Labute approximate surface area is 171 Å². The lowest BCUT2D eigenvalue weighted by atomic mass is 9.96. The highest BCUT2D eigenvalue weighted by Crippen LogP contribution is 2.22. The van der Waals surface area contributed by atoms with E-state index in [2.05, 4.69) is 20.5 Å². The lowest BCUT2D eigenvalue weighted by Gasteiger charge is -2.31. The van der Waals surface area contributed by atoms with Crippen LogP contribution in [0, 0.1) is 5.92 Å². The summed E-state index contributed by atoms with van der Waals surface area (Å²) >= 11 is 0. The zero-order chi connectivity index (χ0) is 20.6. The molecule has 2 N–H and O–H groups in total. The third-order valence-electron chi connectivity index (χ3n) is 5.14. The molecule has 0 bridgehead atoms. The summed E-state index contributed by atoms with van der Waals surface area (Å²) in [5, 5.41) is 5.67. The minimum atomic E-state index is -0.520. The molecule has 0 aliphatic carbocycles. The standard InChI is InChI=1S/C22H30N4O3/c1-3-11-23-20(27)16(2)24-21(28)18-10-7-12-26(13-18)14-19-15-29-22(25-19)17-8-5-4-6-9-17/h4-6,8-9,15-16,18H,3,7,10-14H2,1-2H3,(H,23,27)(H,24,28). The normalized spacial score (nSPS) is 18.2. The van der Waals surface area contributed by atoms with E-state index in [9.17, 15) is 9.59 Å². The van der Waals surface area contributed by atoms with Crippen LogP contribution in [0.2, 0.25) is 0 Å². The first-order chi connectivity index (χ1) is 14.1. The summed E-state index contributed by atoms with van der Waals surface area (Å²) in [7, 11) is 0. The molecule has 0 spiro atoms. The second-order valence-corrected chi connectivity index (χ2v) is 7.61. The van der Waals surface area contributed by atoms with Crippen molar-refractivity contribution in [3.8, 4) is 11.5 Å². The van der Waals surface area contributed by atoms with E-state index < -0.39 is 6.04 Å². The van der Waals surface area contributed by atoms with Gasteiger partial charge in [0.25, 0.3) is 0 Å². The van der Waals surface area contributed by atoms with Gasteiger partial charge in [-0.15, -0.1) is 0 Å². The molecular weight excluding hydrogens is 368 g/mol. The summed E-state index contributed by atoms with van der Waals surface area (Å²) in [5.74, 6) is 0.298. The van der Waals surface area contributed by atoms with Gasteiger partial charge in [0, 0.05) is 25.2 Å². The lowest BCUT2D eigenvalue weighted by molar-refractivity contribution is -0.131. The van der Waals surface area contributed by atoms with Crippen molar-refractivity contribution >= 4 is 11.8 Å². The Morgan fingerprint density at radius 1 is 1.31 bits per heavy atom. The number of carbonyl (C=O) groups is 2. The summed E-state index contributed by atoms with van der Waals surface area (Å²) < 4.78 is 5.62. The molecule has 1 aliphatic heterocycles. The van der Waals surface area contributed by atoms with Gasteiger partial charge in [-0.25, -0.2) is 4.98 Å². The number of rotatable bonds is 8. The van der Waals surface area contributed by atoms with Gasteiger partial charge < -0.3 is 15.1 Å². The Morgan fingerprint density at radius 3 is 2.86 bits per heavy atom. The minimum absolute atomic E-state index is 0.0565. The van der Waals surface area contributed by atoms with Crippen molar-refractivity contribution in [1.29, 1.82) is 0 Å². The van der Waals surface area contributed by atoms with Gasteiger partial charge in [-0.1, -0.05) is 25.1 Å². The van der Waals surface area contributed by atoms with Crippen molar-refractivity contribution < 1.29 is 14.0 Å². The highest BCUT2D eigenvalue weighted by Gasteiger charge is 2.28. The van der Waals surface area contributed by atoms with Crippen LogP contribution in [0.15, 0.2) is 41.0 Å². The van der Waals surface area contributed by atoms with Crippen LogP contribution in [0.3, 0.4) is 0 Å². The van der Waals surface area contributed by atoms with Gasteiger partial charge >= 0.3 is 0 Å². The van der Waals surface area contributed by atoms with E-state index in [4.69, 9.17) is 4.42 Å². The third-order valence-corrected chi connectivity index (χ3v) is 5.14. The zero-order valence-corrected chi connectivity index (χ0v) is 17.2. The Balaban J connectivity index is 1.52. The van der Waals surface area contributed by atoms with Crippen LogP contribution < -0.4 is 10.6 Å². The first kappa shape index (κ1) is 21.0. The molecule has 2 amide bonds. The molecule has 2 aromatic rings. The number of hydrogen-bond donors (Lipinski definition) is 2. The molecule has 1 fully saturated rings. The maximum atomic E-state index is 12.6. The SMILES string of the molecule is CCCNC(=O)C(C)NC(=O)C1CCCN(Cc2coc(-c3ccccc3)n2)C1. The Kier molecular flexibility index (Phi) is 7.41. The van der Waals surface area contributed by atoms with E-state index in [1.807, 2.05) is 37.3 Å². The van der Waals surface area contributed by atoms with Crippen LogP contribution in [0.25, 0.3) is 11.5 Å². The van der Waals surface area contributed by atoms with Gasteiger partial charge in [-0.05, 0) is 44.9 Å². The van der Waals surface area contributed by atoms with Crippen molar-refractivity contribution in [2.75, 3.05) is 19.6 Å². The maximum absolute atomic E-state index is 12.6. The van der Waals surface area contributed by atoms with Crippen LogP contribution in [0.4, 0.5) is 0 Å². The van der Waals surface area contributed by atoms with Gasteiger partial charge in [0.2, 0.25) is 17.7 Å². The molecule has 29 heavy (non-hydrogen) atoms. The predicted molar refractivity (Wildman–Crippen MR) is 111 cm³/mol. The molecular formula is C22H30N4O3. The van der Waals surface area contributed by atoms with Crippen molar-refractivity contribution in [3.05, 3.63) is 42.3 Å². The molecule has 0 radical (unpaired) electrons. The largest absolute Gasteiger partial charge is 0.444 e. The number of oxazole rings is 1. The molecule has 1 saturated heterocycles. The Hall–Kier alpha value is -2.67. The molecule has 2 unspecified atom stereocenters. The number of amides is 2. The summed E-state index contributed by atoms with van der Waals surface area (Å²) in [6, 6.07) is 9.28. The molecule has 1 aromatic carbocycles. The highest BCUT2D eigenvalue weighted by atomic mass is 16.3. The van der Waals surface area contributed by atoms with Gasteiger partial charge in [-0.2, -0.15) is 0 Å². The number of benzene rings is 1. The zero-order valence-electron chi connectivity index (χ0n) is 17.2. The third kappa shape index (κ3) is 5.90. The van der Waals surface area contributed by atoms with Gasteiger partial charge in [-0.3, -0.25) is 14.5 Å². The Bertz CT molecular complexity index is 805. The topological polar surface area (TPSA) is 87.5 Å². The van der Waals surface area contributed by atoms with E-state index in [-0.39, 0.29) is 17.7 Å². The number of piperidine rings is 1. The van der Waals surface area contributed by atoms with Crippen molar-refractivity contribution in [2.24, 2.45) is 5.92 Å². The number of likely N-dealkylation sites (tertiary alicyclic amines) is 1. The average molecular weight is 399 g/mol. The van der Waals surface area contributed by atoms with Crippen LogP contribution >= 0.6 is 0 Å². The molecule has 3 rings (SSSR count). The van der Waals surface area contributed by atoms with Crippen LogP contribution in [0.5, 0.6) is 0 Å². The number of nitrogens with one attached hydrogen (secondary N) is 2. The van der Waals surface area contributed by atoms with Crippen molar-refractivity contribution in [3.63, 3.8) is 0 Å². The summed E-state index contributed by atoms with van der Waals surface area (Å²) in [5.41, 5.74) is 1.81. The van der Waals surface area contributed by atoms with Crippen molar-refractivity contribution in [2.45, 2.75) is 45.7 Å². The lowest BCUT2D eigenvalue weighted by Crippen LogP contribution is -2.49. The quantitative estimate of drug-likeness (QED) is 0.714. The van der Waals surface area contributed by atoms with E-state index in [0.717, 1.165) is 37.1 Å². The van der Waals surface area contributed by atoms with Gasteiger partial charge in [0.05, 0.1) is 11.6 Å². The van der Waals surface area contributed by atoms with E-state index in [0.29, 0.717) is 25.5 Å². The first-order valence-corrected chi connectivity index (χ1v) is 10.4. The maximum Gasteiger partial charge on any atom is 0.242 e. The average Bonchev–Trinajstić information content (AvgIpc) is 3.21. The van der Waals surface area contributed by atoms with Crippen LogP contribution in [0.1, 0.15) is 38.8 Å². The minimum Gasteiger partial charge on any atom is -0.444 e. The molecule has 2 atom stereocenters. The van der Waals surface area contributed by atoms with Crippen LogP contribution in [-0.2, 0) is 16.1 Å². The number of hydrogen-bond acceptors (Lipinski definition) is 5. The fourth-order valence-corrected chi connectivity index (χ4v) is 3.53. The smallest absolute Gasteiger partial charge is 0.242 e. The predicted octanol–water partition coefficient (Wildman–Crippen LogP) is 2.58. The van der Waals surface area contributed by atoms with E-state index >= 15 is 0 Å². The molecule has 0 saturated carbocycles. The summed E-state index contributed by atoms with van der Waals surface area (Å²) in [6.07, 6.45) is 4.34.